The lowest BCUT2D eigenvalue weighted by molar-refractivity contribution is -0.108. The van der Waals surface area contributed by atoms with Crippen molar-refractivity contribution in [2.45, 2.75) is 31.4 Å². The molecule has 0 aromatic rings. The van der Waals surface area contributed by atoms with Gasteiger partial charge in [-0.25, -0.2) is 0 Å². The van der Waals surface area contributed by atoms with Crippen LogP contribution in [-0.2, 0) is 4.79 Å². The molecule has 8 heavy (non-hydrogen) atoms. The molecule has 0 saturated carbocycles. The predicted molar refractivity (Wildman–Crippen MR) is 38.4 cm³/mol. The molecule has 0 aliphatic carbocycles. The summed E-state index contributed by atoms with van der Waals surface area (Å²) in [5.41, 5.74) is 0. The molecule has 0 aromatic carbocycles. The highest BCUT2D eigenvalue weighted by molar-refractivity contribution is 7.81. The second-order valence-corrected chi connectivity index (χ2v) is 3.73. The molecule has 0 radical (unpaired) electrons. The van der Waals surface area contributed by atoms with Gasteiger partial charge in [-0.05, 0) is 6.42 Å². The van der Waals surface area contributed by atoms with Crippen molar-refractivity contribution in [2.24, 2.45) is 0 Å². The van der Waals surface area contributed by atoms with E-state index in [9.17, 15) is 4.79 Å². The van der Waals surface area contributed by atoms with Crippen molar-refractivity contribution in [1.29, 1.82) is 0 Å². The topological polar surface area (TPSA) is 17.1 Å². The summed E-state index contributed by atoms with van der Waals surface area (Å²) in [6.45, 7) is 4.00. The SMILES string of the molecule is CC(C)(S)CCC=O. The van der Waals surface area contributed by atoms with Crippen LogP contribution in [0.1, 0.15) is 26.7 Å². The molecule has 0 amide bonds. The van der Waals surface area contributed by atoms with Crippen molar-refractivity contribution in [2.75, 3.05) is 0 Å². The second kappa shape index (κ2) is 3.13. The van der Waals surface area contributed by atoms with Gasteiger partial charge in [-0.3, -0.25) is 0 Å². The second-order valence-electron chi connectivity index (χ2n) is 2.52. The van der Waals surface area contributed by atoms with Crippen LogP contribution in [0.15, 0.2) is 0 Å². The maximum atomic E-state index is 9.82. The molecular weight excluding hydrogens is 120 g/mol. The van der Waals surface area contributed by atoms with Gasteiger partial charge >= 0.3 is 0 Å². The molecule has 0 aromatic heterocycles. The van der Waals surface area contributed by atoms with Crippen LogP contribution in [0.5, 0.6) is 0 Å². The Morgan fingerprint density at radius 3 is 2.25 bits per heavy atom. The Kier molecular flexibility index (Phi) is 3.13. The predicted octanol–water partition coefficient (Wildman–Crippen LogP) is 1.67. The number of hydrogen-bond donors (Lipinski definition) is 1. The minimum absolute atomic E-state index is 0.0148. The Hall–Kier alpha value is 0.0200. The maximum absolute atomic E-state index is 9.82. The van der Waals surface area contributed by atoms with Crippen LogP contribution in [0.3, 0.4) is 0 Å². The number of carbonyl (C=O) groups is 1. The normalized spacial score (nSPS) is 11.4. The van der Waals surface area contributed by atoms with Crippen molar-refractivity contribution in [3.63, 3.8) is 0 Å². The molecule has 0 saturated heterocycles. The van der Waals surface area contributed by atoms with E-state index in [2.05, 4.69) is 12.6 Å². The fourth-order valence-electron chi connectivity index (χ4n) is 0.412. The van der Waals surface area contributed by atoms with Gasteiger partial charge in [0.2, 0.25) is 0 Å². The van der Waals surface area contributed by atoms with Gasteiger partial charge < -0.3 is 4.79 Å². The zero-order valence-corrected chi connectivity index (χ0v) is 6.24. The Bertz CT molecular complexity index is 73.1. The third-order valence-corrected chi connectivity index (χ3v) is 1.10. The molecule has 0 aliphatic rings. The van der Waals surface area contributed by atoms with E-state index < -0.39 is 0 Å². The van der Waals surface area contributed by atoms with Crippen molar-refractivity contribution in [3.8, 4) is 0 Å². The molecule has 0 unspecified atom stereocenters. The van der Waals surface area contributed by atoms with Crippen molar-refractivity contribution >= 4 is 18.9 Å². The molecule has 1 nitrogen and oxygen atoms in total. The van der Waals surface area contributed by atoms with Gasteiger partial charge in [0.15, 0.2) is 0 Å². The van der Waals surface area contributed by atoms with Crippen LogP contribution in [0.25, 0.3) is 0 Å². The van der Waals surface area contributed by atoms with Gasteiger partial charge in [-0.15, -0.1) is 0 Å². The smallest absolute Gasteiger partial charge is 0.120 e. The average molecular weight is 132 g/mol. The first-order chi connectivity index (χ1) is 3.56. The van der Waals surface area contributed by atoms with Gasteiger partial charge in [0.25, 0.3) is 0 Å². The first-order valence-corrected chi connectivity index (χ1v) is 3.17. The number of rotatable bonds is 3. The van der Waals surface area contributed by atoms with Gasteiger partial charge in [0.1, 0.15) is 6.29 Å². The standard InChI is InChI=1S/C6H12OS/c1-6(2,8)4-3-5-7/h5,8H,3-4H2,1-2H3. The number of thiol groups is 1. The summed E-state index contributed by atoms with van der Waals surface area (Å²) in [5.74, 6) is 0. The molecule has 0 fully saturated rings. The molecule has 0 rings (SSSR count). The monoisotopic (exact) mass is 132 g/mol. The zero-order chi connectivity index (χ0) is 6.62. The van der Waals surface area contributed by atoms with E-state index in [0.29, 0.717) is 6.42 Å². The Morgan fingerprint density at radius 1 is 1.62 bits per heavy atom. The maximum Gasteiger partial charge on any atom is 0.120 e. The van der Waals surface area contributed by atoms with Crippen LogP contribution in [0.2, 0.25) is 0 Å². The van der Waals surface area contributed by atoms with E-state index in [1.54, 1.807) is 0 Å². The summed E-state index contributed by atoms with van der Waals surface area (Å²) in [6, 6.07) is 0. The number of hydrogen-bond acceptors (Lipinski definition) is 2. The van der Waals surface area contributed by atoms with Gasteiger partial charge in [-0.1, -0.05) is 13.8 Å². The van der Waals surface area contributed by atoms with Crippen LogP contribution in [0, 0.1) is 0 Å². The summed E-state index contributed by atoms with van der Waals surface area (Å²) < 4.78 is 0.0148. The van der Waals surface area contributed by atoms with Crippen LogP contribution < -0.4 is 0 Å². The molecule has 0 heterocycles. The largest absolute Gasteiger partial charge is 0.303 e. The van der Waals surface area contributed by atoms with E-state index in [0.717, 1.165) is 12.7 Å². The lowest BCUT2D eigenvalue weighted by atomic mass is 10.1. The Balaban J connectivity index is 3.24. The summed E-state index contributed by atoms with van der Waals surface area (Å²) in [7, 11) is 0. The molecular formula is C6H12OS. The number of aldehydes is 1. The van der Waals surface area contributed by atoms with E-state index >= 15 is 0 Å². The minimum Gasteiger partial charge on any atom is -0.303 e. The molecule has 48 valence electrons. The number of carbonyl (C=O) groups excluding carboxylic acids is 1. The summed E-state index contributed by atoms with van der Waals surface area (Å²) in [6.07, 6.45) is 2.41. The first kappa shape index (κ1) is 8.02. The highest BCUT2D eigenvalue weighted by atomic mass is 32.1. The van der Waals surface area contributed by atoms with Crippen molar-refractivity contribution in [1.82, 2.24) is 0 Å². The third-order valence-electron chi connectivity index (χ3n) is 0.874. The molecule has 0 bridgehead atoms. The summed E-state index contributed by atoms with van der Waals surface area (Å²) in [5, 5.41) is 0. The molecule has 0 spiro atoms. The Labute approximate surface area is 55.9 Å². The van der Waals surface area contributed by atoms with Crippen LogP contribution >= 0.6 is 12.6 Å². The lowest BCUT2D eigenvalue weighted by Crippen LogP contribution is -2.09. The Morgan fingerprint density at radius 2 is 2.12 bits per heavy atom. The molecule has 0 N–H and O–H groups in total. The quantitative estimate of drug-likeness (QED) is 0.456. The minimum atomic E-state index is 0.0148. The summed E-state index contributed by atoms with van der Waals surface area (Å²) in [4.78, 5) is 9.82. The van der Waals surface area contributed by atoms with Crippen LogP contribution in [-0.4, -0.2) is 11.0 Å². The zero-order valence-electron chi connectivity index (χ0n) is 5.35. The van der Waals surface area contributed by atoms with Crippen LogP contribution in [0.4, 0.5) is 0 Å². The molecule has 0 atom stereocenters. The van der Waals surface area contributed by atoms with E-state index in [1.807, 2.05) is 13.8 Å². The van der Waals surface area contributed by atoms with E-state index in [-0.39, 0.29) is 4.75 Å². The van der Waals surface area contributed by atoms with E-state index in [4.69, 9.17) is 0 Å². The van der Waals surface area contributed by atoms with Gasteiger partial charge in [-0.2, -0.15) is 12.6 Å². The fraction of sp³-hybridized carbons (Fsp3) is 0.833. The van der Waals surface area contributed by atoms with Gasteiger partial charge in [0, 0.05) is 11.2 Å². The third kappa shape index (κ3) is 6.02. The lowest BCUT2D eigenvalue weighted by Gasteiger charge is -2.13. The van der Waals surface area contributed by atoms with Crippen molar-refractivity contribution in [3.05, 3.63) is 0 Å². The average Bonchev–Trinajstić information content (AvgIpc) is 1.59. The molecule has 2 heteroatoms. The van der Waals surface area contributed by atoms with E-state index in [1.165, 1.54) is 0 Å². The summed E-state index contributed by atoms with van der Waals surface area (Å²) >= 11 is 4.23. The molecule has 0 aliphatic heterocycles. The first-order valence-electron chi connectivity index (χ1n) is 2.72. The van der Waals surface area contributed by atoms with Crippen molar-refractivity contribution < 1.29 is 4.79 Å². The fourth-order valence-corrected chi connectivity index (χ4v) is 0.541. The highest BCUT2D eigenvalue weighted by Crippen LogP contribution is 2.17. The highest BCUT2D eigenvalue weighted by Gasteiger charge is 2.08. The van der Waals surface area contributed by atoms with Gasteiger partial charge in [0.05, 0.1) is 0 Å².